The third kappa shape index (κ3) is 3.51. The molecule has 0 atom stereocenters. The van der Waals surface area contributed by atoms with Gasteiger partial charge < -0.3 is 0 Å². The molecule has 0 aliphatic heterocycles. The average Bonchev–Trinajstić information content (AvgIpc) is 3.28. The number of thioether (sulfide) groups is 1. The molecule has 0 spiro atoms. The van der Waals surface area contributed by atoms with Crippen LogP contribution in [0.5, 0.6) is 0 Å². The van der Waals surface area contributed by atoms with E-state index in [1.54, 1.807) is 16.7 Å². The lowest BCUT2D eigenvalue weighted by Gasteiger charge is -2.10. The molecule has 0 saturated carbocycles. The quantitative estimate of drug-likeness (QED) is 0.443. The largest absolute Gasteiger partial charge is 0.276 e. The second kappa shape index (κ2) is 7.44. The molecule has 5 nitrogen and oxygen atoms in total. The molecular formula is C19H19FN4OS2. The van der Waals surface area contributed by atoms with Crippen LogP contribution in [0, 0.1) is 11.7 Å². The summed E-state index contributed by atoms with van der Waals surface area (Å²) in [4.78, 5) is 12.9. The molecule has 0 unspecified atom stereocenters. The number of hydrogen-bond donors (Lipinski definition) is 0. The Kier molecular flexibility index (Phi) is 5.01. The summed E-state index contributed by atoms with van der Waals surface area (Å²) in [5.74, 6) is 1.47. The number of rotatable bonds is 6. The van der Waals surface area contributed by atoms with Gasteiger partial charge in [-0.15, -0.1) is 21.5 Å². The van der Waals surface area contributed by atoms with E-state index in [0.717, 1.165) is 27.4 Å². The van der Waals surface area contributed by atoms with Crippen LogP contribution in [0.15, 0.2) is 45.7 Å². The van der Waals surface area contributed by atoms with Gasteiger partial charge in [0.1, 0.15) is 10.5 Å². The molecule has 0 amide bonds. The maximum absolute atomic E-state index is 13.1. The van der Waals surface area contributed by atoms with Gasteiger partial charge in [0.05, 0.1) is 5.52 Å². The smallest absolute Gasteiger partial charge is 0.272 e. The Bertz CT molecular complexity index is 1140. The van der Waals surface area contributed by atoms with Crippen molar-refractivity contribution in [3.63, 3.8) is 0 Å². The topological polar surface area (TPSA) is 52.2 Å². The molecule has 0 fully saturated rings. The van der Waals surface area contributed by atoms with Gasteiger partial charge in [0.2, 0.25) is 5.78 Å². The molecule has 4 rings (SSSR count). The highest BCUT2D eigenvalue weighted by molar-refractivity contribution is 7.98. The van der Waals surface area contributed by atoms with E-state index >= 15 is 0 Å². The number of aryl methyl sites for hydroxylation is 1. The summed E-state index contributed by atoms with van der Waals surface area (Å²) < 4.78 is 17.5. The highest BCUT2D eigenvalue weighted by atomic mass is 32.2. The van der Waals surface area contributed by atoms with Gasteiger partial charge in [-0.05, 0) is 41.5 Å². The van der Waals surface area contributed by atoms with Crippen LogP contribution >= 0.6 is 23.1 Å². The van der Waals surface area contributed by atoms with Crippen LogP contribution < -0.4 is 5.56 Å². The van der Waals surface area contributed by atoms with E-state index in [9.17, 15) is 9.18 Å². The number of thiophene rings is 1. The van der Waals surface area contributed by atoms with Crippen LogP contribution in [0.2, 0.25) is 0 Å². The third-order valence-electron chi connectivity index (χ3n) is 4.39. The van der Waals surface area contributed by atoms with Crippen molar-refractivity contribution in [1.29, 1.82) is 0 Å². The first-order chi connectivity index (χ1) is 13.0. The first kappa shape index (κ1) is 18.2. The predicted octanol–water partition coefficient (Wildman–Crippen LogP) is 4.58. The van der Waals surface area contributed by atoms with E-state index in [1.807, 2.05) is 15.8 Å². The Balaban J connectivity index is 1.76. The van der Waals surface area contributed by atoms with Crippen LogP contribution in [-0.2, 0) is 12.3 Å². The fourth-order valence-corrected chi connectivity index (χ4v) is 4.63. The van der Waals surface area contributed by atoms with Crippen LogP contribution in [-0.4, -0.2) is 19.2 Å². The maximum Gasteiger partial charge on any atom is 0.272 e. The van der Waals surface area contributed by atoms with Crippen molar-refractivity contribution in [2.45, 2.75) is 37.7 Å². The zero-order chi connectivity index (χ0) is 19.0. The zero-order valence-electron chi connectivity index (χ0n) is 15.1. The highest BCUT2D eigenvalue weighted by Crippen LogP contribution is 2.26. The normalized spacial score (nSPS) is 11.9. The third-order valence-corrected chi connectivity index (χ3v) is 6.29. The number of aromatic nitrogens is 4. The monoisotopic (exact) mass is 402 g/mol. The van der Waals surface area contributed by atoms with Crippen LogP contribution in [0.1, 0.15) is 25.8 Å². The van der Waals surface area contributed by atoms with Crippen molar-refractivity contribution in [3.8, 4) is 0 Å². The van der Waals surface area contributed by atoms with Gasteiger partial charge in [0, 0.05) is 12.3 Å². The standard InChI is InChI=1S/C19H19FN4OS2/c1-12(2)7-9-23-17(25)16-15(8-10-26-16)24-18(23)21-22-19(24)27-11-13-3-5-14(20)6-4-13/h3-6,8,10,12H,7,9,11H2,1-2H3. The average molecular weight is 403 g/mol. The van der Waals surface area contributed by atoms with Gasteiger partial charge in [-0.25, -0.2) is 4.39 Å². The lowest BCUT2D eigenvalue weighted by atomic mass is 10.1. The minimum absolute atomic E-state index is 0.00404. The molecule has 27 heavy (non-hydrogen) atoms. The minimum Gasteiger partial charge on any atom is -0.276 e. The van der Waals surface area contributed by atoms with Crippen molar-refractivity contribution < 1.29 is 4.39 Å². The molecule has 3 aromatic heterocycles. The van der Waals surface area contributed by atoms with Crippen molar-refractivity contribution in [3.05, 3.63) is 57.4 Å². The molecule has 140 valence electrons. The van der Waals surface area contributed by atoms with E-state index in [4.69, 9.17) is 0 Å². The van der Waals surface area contributed by atoms with E-state index in [-0.39, 0.29) is 11.4 Å². The van der Waals surface area contributed by atoms with Crippen molar-refractivity contribution in [1.82, 2.24) is 19.2 Å². The van der Waals surface area contributed by atoms with Gasteiger partial charge >= 0.3 is 0 Å². The zero-order valence-corrected chi connectivity index (χ0v) is 16.7. The molecule has 1 aromatic carbocycles. The van der Waals surface area contributed by atoms with Gasteiger partial charge in [0.15, 0.2) is 5.16 Å². The molecule has 4 aromatic rings. The first-order valence-corrected chi connectivity index (χ1v) is 10.6. The van der Waals surface area contributed by atoms with Gasteiger partial charge in [0.25, 0.3) is 5.56 Å². The van der Waals surface area contributed by atoms with Crippen molar-refractivity contribution in [2.24, 2.45) is 5.92 Å². The second-order valence-corrected chi connectivity index (χ2v) is 8.67. The van der Waals surface area contributed by atoms with Crippen LogP contribution in [0.25, 0.3) is 16.0 Å². The summed E-state index contributed by atoms with van der Waals surface area (Å²) in [7, 11) is 0. The molecule has 8 heteroatoms. The molecule has 3 heterocycles. The summed E-state index contributed by atoms with van der Waals surface area (Å²) >= 11 is 2.97. The summed E-state index contributed by atoms with van der Waals surface area (Å²) in [5, 5.41) is 11.3. The summed E-state index contributed by atoms with van der Waals surface area (Å²) in [5.41, 5.74) is 1.84. The molecule has 0 aliphatic carbocycles. The van der Waals surface area contributed by atoms with Crippen molar-refractivity contribution >= 4 is 39.1 Å². The number of benzene rings is 1. The molecule has 0 aliphatic rings. The number of nitrogens with zero attached hydrogens (tertiary/aromatic N) is 4. The molecule has 0 N–H and O–H groups in total. The van der Waals surface area contributed by atoms with E-state index in [1.165, 1.54) is 35.2 Å². The van der Waals surface area contributed by atoms with Gasteiger partial charge in [-0.2, -0.15) is 0 Å². The SMILES string of the molecule is CC(C)CCn1c(=O)c2sccc2n2c(SCc3ccc(F)cc3)nnc12. The Hall–Kier alpha value is -2.19. The fraction of sp³-hybridized carbons (Fsp3) is 0.316. The second-order valence-electron chi connectivity index (χ2n) is 6.81. The van der Waals surface area contributed by atoms with Crippen molar-refractivity contribution in [2.75, 3.05) is 0 Å². The lowest BCUT2D eigenvalue weighted by Crippen LogP contribution is -2.23. The number of halogens is 1. The Morgan fingerprint density at radius 1 is 1.19 bits per heavy atom. The summed E-state index contributed by atoms with van der Waals surface area (Å²) in [6.07, 6.45) is 0.900. The molecule has 0 bridgehead atoms. The fourth-order valence-electron chi connectivity index (χ4n) is 2.91. The highest BCUT2D eigenvalue weighted by Gasteiger charge is 2.18. The summed E-state index contributed by atoms with van der Waals surface area (Å²) in [6, 6.07) is 8.39. The maximum atomic E-state index is 13.1. The first-order valence-electron chi connectivity index (χ1n) is 8.77. The van der Waals surface area contributed by atoms with Crippen LogP contribution in [0.3, 0.4) is 0 Å². The van der Waals surface area contributed by atoms with E-state index < -0.39 is 0 Å². The van der Waals surface area contributed by atoms with E-state index in [0.29, 0.717) is 24.0 Å². The Morgan fingerprint density at radius 2 is 1.96 bits per heavy atom. The van der Waals surface area contributed by atoms with E-state index in [2.05, 4.69) is 24.0 Å². The molecule has 0 saturated heterocycles. The summed E-state index contributed by atoms with van der Waals surface area (Å²) in [6.45, 7) is 4.90. The molecule has 0 radical (unpaired) electrons. The van der Waals surface area contributed by atoms with Gasteiger partial charge in [-0.3, -0.25) is 13.8 Å². The Labute approximate surface area is 163 Å². The predicted molar refractivity (Wildman–Crippen MR) is 108 cm³/mol. The minimum atomic E-state index is -0.245. The van der Waals surface area contributed by atoms with Crippen LogP contribution in [0.4, 0.5) is 4.39 Å². The number of fused-ring (bicyclic) bond motifs is 3. The Morgan fingerprint density at radius 3 is 2.70 bits per heavy atom. The molecular weight excluding hydrogens is 383 g/mol. The van der Waals surface area contributed by atoms with Gasteiger partial charge in [-0.1, -0.05) is 37.7 Å². The lowest BCUT2D eigenvalue weighted by molar-refractivity contribution is 0.512. The number of hydrogen-bond acceptors (Lipinski definition) is 5.